The lowest BCUT2D eigenvalue weighted by Crippen LogP contribution is -2.46. The van der Waals surface area contributed by atoms with Crippen molar-refractivity contribution in [1.29, 1.82) is 5.26 Å². The van der Waals surface area contributed by atoms with Crippen LogP contribution in [0.3, 0.4) is 0 Å². The molecule has 0 spiro atoms. The molecule has 0 bridgehead atoms. The molecule has 1 heterocycles. The fourth-order valence-corrected chi connectivity index (χ4v) is 3.26. The van der Waals surface area contributed by atoms with E-state index in [9.17, 15) is 0 Å². The minimum Gasteiger partial charge on any atom is -0.369 e. The smallest absolute Gasteiger partial charge is 0.0991 e. The van der Waals surface area contributed by atoms with Crippen LogP contribution in [0.1, 0.15) is 31.7 Å². The minimum atomic E-state index is 0.628. The number of azo groups is 1. The van der Waals surface area contributed by atoms with Gasteiger partial charge in [-0.25, -0.2) is 0 Å². The molecule has 0 atom stereocenters. The van der Waals surface area contributed by atoms with E-state index in [1.54, 1.807) is 24.3 Å². The van der Waals surface area contributed by atoms with Crippen molar-refractivity contribution >= 4 is 17.1 Å². The van der Waals surface area contributed by atoms with Gasteiger partial charge in [-0.1, -0.05) is 19.8 Å². The molecule has 2 aromatic carbocycles. The Hall–Kier alpha value is -2.71. The fraction of sp³-hybridized carbons (Fsp3) is 0.409. The molecule has 1 fully saturated rings. The summed E-state index contributed by atoms with van der Waals surface area (Å²) in [5.74, 6) is 0. The van der Waals surface area contributed by atoms with E-state index in [0.717, 1.165) is 37.6 Å². The summed E-state index contributed by atoms with van der Waals surface area (Å²) in [5, 5.41) is 17.3. The topological polar surface area (TPSA) is 55.0 Å². The highest BCUT2D eigenvalue weighted by Gasteiger charge is 2.16. The van der Waals surface area contributed by atoms with Crippen LogP contribution in [0.4, 0.5) is 17.1 Å². The van der Waals surface area contributed by atoms with Crippen LogP contribution in [-0.2, 0) is 0 Å². The number of rotatable bonds is 7. The second-order valence-corrected chi connectivity index (χ2v) is 6.91. The van der Waals surface area contributed by atoms with Crippen LogP contribution in [0.5, 0.6) is 0 Å². The first-order valence-corrected chi connectivity index (χ1v) is 9.78. The average Bonchev–Trinajstić information content (AvgIpc) is 2.74. The van der Waals surface area contributed by atoms with Gasteiger partial charge in [0.2, 0.25) is 0 Å². The molecular formula is C22H27N5. The Bertz CT molecular complexity index is 766. The molecular weight excluding hydrogens is 334 g/mol. The summed E-state index contributed by atoms with van der Waals surface area (Å²) >= 11 is 0. The lowest BCUT2D eigenvalue weighted by Gasteiger charge is -2.36. The van der Waals surface area contributed by atoms with E-state index in [2.05, 4.69) is 45.2 Å². The Morgan fingerprint density at radius 2 is 1.44 bits per heavy atom. The maximum atomic E-state index is 8.82. The average molecular weight is 361 g/mol. The monoisotopic (exact) mass is 361 g/mol. The van der Waals surface area contributed by atoms with Crippen molar-refractivity contribution in [3.05, 3.63) is 54.1 Å². The summed E-state index contributed by atoms with van der Waals surface area (Å²) in [5.41, 5.74) is 3.46. The summed E-state index contributed by atoms with van der Waals surface area (Å²) in [6, 6.07) is 17.5. The molecule has 27 heavy (non-hydrogen) atoms. The molecule has 0 amide bonds. The Labute approximate surface area is 161 Å². The Morgan fingerprint density at radius 1 is 0.852 bits per heavy atom. The third-order valence-corrected chi connectivity index (χ3v) is 4.94. The second-order valence-electron chi connectivity index (χ2n) is 6.91. The normalized spacial score (nSPS) is 15.2. The number of hydrogen-bond acceptors (Lipinski definition) is 5. The SMILES string of the molecule is CCCCCN1CCN(c2ccc(N=Nc3ccc(C#N)cc3)cc2)CC1. The van der Waals surface area contributed by atoms with E-state index >= 15 is 0 Å². The van der Waals surface area contributed by atoms with E-state index in [1.165, 1.54) is 31.5 Å². The number of piperazine rings is 1. The number of nitrogens with zero attached hydrogens (tertiary/aromatic N) is 5. The van der Waals surface area contributed by atoms with Gasteiger partial charge in [0.15, 0.2) is 0 Å². The highest BCUT2D eigenvalue weighted by Crippen LogP contribution is 2.23. The van der Waals surface area contributed by atoms with Crippen LogP contribution in [0.25, 0.3) is 0 Å². The van der Waals surface area contributed by atoms with Crippen molar-refractivity contribution < 1.29 is 0 Å². The second kappa shape index (κ2) is 9.84. The van der Waals surface area contributed by atoms with Crippen LogP contribution in [-0.4, -0.2) is 37.6 Å². The molecule has 0 unspecified atom stereocenters. The third kappa shape index (κ3) is 5.63. The van der Waals surface area contributed by atoms with Gasteiger partial charge >= 0.3 is 0 Å². The molecule has 0 aromatic heterocycles. The van der Waals surface area contributed by atoms with Gasteiger partial charge in [-0.3, -0.25) is 4.90 Å². The maximum absolute atomic E-state index is 8.82. The first-order chi connectivity index (χ1) is 13.3. The van der Waals surface area contributed by atoms with Crippen LogP contribution in [0.2, 0.25) is 0 Å². The lowest BCUT2D eigenvalue weighted by atomic mass is 10.2. The summed E-state index contributed by atoms with van der Waals surface area (Å²) < 4.78 is 0. The van der Waals surface area contributed by atoms with Crippen molar-refractivity contribution in [1.82, 2.24) is 4.90 Å². The predicted molar refractivity (Wildman–Crippen MR) is 110 cm³/mol. The molecule has 5 heteroatoms. The standard InChI is InChI=1S/C22H27N5/c1-2-3-4-13-26-14-16-27(17-15-26)22-11-9-21(10-12-22)25-24-20-7-5-19(18-23)6-8-20/h5-12H,2-4,13-17H2,1H3. The Kier molecular flexibility index (Phi) is 6.95. The van der Waals surface area contributed by atoms with Gasteiger partial charge in [-0.2, -0.15) is 15.5 Å². The zero-order chi connectivity index (χ0) is 18.9. The van der Waals surface area contributed by atoms with E-state index in [4.69, 9.17) is 5.26 Å². The van der Waals surface area contributed by atoms with Crippen LogP contribution in [0.15, 0.2) is 58.8 Å². The molecule has 1 saturated heterocycles. The number of hydrogen-bond donors (Lipinski definition) is 0. The number of unbranched alkanes of at least 4 members (excludes halogenated alkanes) is 2. The molecule has 0 aliphatic carbocycles. The molecule has 0 saturated carbocycles. The number of benzene rings is 2. The van der Waals surface area contributed by atoms with Crippen LogP contribution < -0.4 is 4.90 Å². The quantitative estimate of drug-likeness (QED) is 0.497. The molecule has 0 radical (unpaired) electrons. The molecule has 5 nitrogen and oxygen atoms in total. The molecule has 140 valence electrons. The summed E-state index contributed by atoms with van der Waals surface area (Å²) in [4.78, 5) is 5.02. The van der Waals surface area contributed by atoms with Crippen molar-refractivity contribution in [2.75, 3.05) is 37.6 Å². The first-order valence-electron chi connectivity index (χ1n) is 9.78. The van der Waals surface area contributed by atoms with Crippen LogP contribution >= 0.6 is 0 Å². The molecule has 0 N–H and O–H groups in total. The number of anilines is 1. The molecule has 2 aromatic rings. The van der Waals surface area contributed by atoms with Gasteiger partial charge in [0, 0.05) is 31.9 Å². The maximum Gasteiger partial charge on any atom is 0.0991 e. The van der Waals surface area contributed by atoms with Gasteiger partial charge in [0.25, 0.3) is 0 Å². The Balaban J connectivity index is 1.51. The lowest BCUT2D eigenvalue weighted by molar-refractivity contribution is 0.252. The van der Waals surface area contributed by atoms with Gasteiger partial charge in [0.1, 0.15) is 0 Å². The highest BCUT2D eigenvalue weighted by atomic mass is 15.3. The van der Waals surface area contributed by atoms with Crippen molar-refractivity contribution in [2.24, 2.45) is 10.2 Å². The van der Waals surface area contributed by atoms with Crippen molar-refractivity contribution in [3.63, 3.8) is 0 Å². The van der Waals surface area contributed by atoms with E-state index in [0.29, 0.717) is 5.56 Å². The zero-order valence-corrected chi connectivity index (χ0v) is 16.0. The zero-order valence-electron chi connectivity index (χ0n) is 16.0. The largest absolute Gasteiger partial charge is 0.369 e. The Morgan fingerprint density at radius 3 is 2.00 bits per heavy atom. The summed E-state index contributed by atoms with van der Waals surface area (Å²) in [6.07, 6.45) is 3.93. The first kappa shape index (κ1) is 19.1. The van der Waals surface area contributed by atoms with Gasteiger partial charge in [0.05, 0.1) is 23.0 Å². The number of nitriles is 1. The van der Waals surface area contributed by atoms with E-state index < -0.39 is 0 Å². The van der Waals surface area contributed by atoms with Gasteiger partial charge in [-0.15, -0.1) is 0 Å². The van der Waals surface area contributed by atoms with Gasteiger partial charge in [-0.05, 0) is 61.5 Å². The predicted octanol–water partition coefficient (Wildman–Crippen LogP) is 5.29. The van der Waals surface area contributed by atoms with Crippen molar-refractivity contribution in [3.8, 4) is 6.07 Å². The molecule has 1 aliphatic heterocycles. The summed E-state index contributed by atoms with van der Waals surface area (Å²) in [6.45, 7) is 7.94. The van der Waals surface area contributed by atoms with Crippen molar-refractivity contribution in [2.45, 2.75) is 26.2 Å². The fourth-order valence-electron chi connectivity index (χ4n) is 3.26. The minimum absolute atomic E-state index is 0.628. The van der Waals surface area contributed by atoms with E-state index in [-0.39, 0.29) is 0 Å². The molecule has 3 rings (SSSR count). The summed E-state index contributed by atoms with van der Waals surface area (Å²) in [7, 11) is 0. The molecule has 1 aliphatic rings. The highest BCUT2D eigenvalue weighted by molar-refractivity contribution is 5.53. The van der Waals surface area contributed by atoms with Gasteiger partial charge < -0.3 is 4.90 Å². The van der Waals surface area contributed by atoms with E-state index in [1.807, 2.05) is 12.1 Å². The van der Waals surface area contributed by atoms with Crippen LogP contribution in [0, 0.1) is 11.3 Å². The third-order valence-electron chi connectivity index (χ3n) is 4.94.